The van der Waals surface area contributed by atoms with Crippen molar-refractivity contribution in [2.24, 2.45) is 0 Å². The molecule has 1 aliphatic rings. The van der Waals surface area contributed by atoms with E-state index in [4.69, 9.17) is 5.11 Å². The molecule has 1 aliphatic heterocycles. The van der Waals surface area contributed by atoms with E-state index in [0.717, 1.165) is 0 Å². The molecule has 1 heterocycles. The number of benzene rings is 1. The van der Waals surface area contributed by atoms with E-state index >= 15 is 0 Å². The number of imide groups is 1. The summed E-state index contributed by atoms with van der Waals surface area (Å²) in [6.45, 7) is 1.41. The first-order valence-corrected chi connectivity index (χ1v) is 5.42. The zero-order valence-corrected chi connectivity index (χ0v) is 9.71. The molecule has 94 valence electrons. The summed E-state index contributed by atoms with van der Waals surface area (Å²) in [5.74, 6) is -1.35. The molecule has 2 N–H and O–H groups in total. The minimum absolute atomic E-state index is 0.0482. The van der Waals surface area contributed by atoms with Crippen molar-refractivity contribution >= 4 is 17.7 Å². The summed E-state index contributed by atoms with van der Waals surface area (Å²) in [5, 5.41) is 11.3. The normalized spacial score (nSPS) is 19.6. The molecule has 1 aromatic rings. The first kappa shape index (κ1) is 12.1. The topological polar surface area (TPSA) is 86.7 Å². The Morgan fingerprint density at radius 2 is 1.94 bits per heavy atom. The summed E-state index contributed by atoms with van der Waals surface area (Å²) < 4.78 is 0. The molecule has 1 saturated heterocycles. The van der Waals surface area contributed by atoms with Crippen molar-refractivity contribution in [3.05, 3.63) is 29.8 Å². The van der Waals surface area contributed by atoms with Gasteiger partial charge in [0.25, 0.3) is 5.91 Å². The monoisotopic (exact) mass is 248 g/mol. The third-order valence-corrected chi connectivity index (χ3v) is 2.80. The predicted octanol–water partition coefficient (Wildman–Crippen LogP) is -0.121. The van der Waals surface area contributed by atoms with Crippen LogP contribution in [0.15, 0.2) is 24.3 Å². The maximum absolute atomic E-state index is 12.1. The fraction of sp³-hybridized carbons (Fsp3) is 0.250. The van der Waals surface area contributed by atoms with E-state index in [1.165, 1.54) is 29.2 Å². The number of nitrogens with zero attached hydrogens (tertiary/aromatic N) is 1. The van der Waals surface area contributed by atoms with Gasteiger partial charge in [0.1, 0.15) is 18.3 Å². The summed E-state index contributed by atoms with van der Waals surface area (Å²) in [6, 6.07) is 4.96. The Bertz CT molecular complexity index is 509. The van der Waals surface area contributed by atoms with Crippen molar-refractivity contribution in [1.29, 1.82) is 0 Å². The van der Waals surface area contributed by atoms with Crippen molar-refractivity contribution in [2.45, 2.75) is 13.0 Å². The largest absolute Gasteiger partial charge is 0.508 e. The van der Waals surface area contributed by atoms with Crippen molar-refractivity contribution in [2.75, 3.05) is 6.54 Å². The minimum atomic E-state index is -0.691. The number of rotatable bonds is 1. The van der Waals surface area contributed by atoms with Crippen LogP contribution in [0.2, 0.25) is 0 Å². The zero-order chi connectivity index (χ0) is 13.3. The molecule has 0 radical (unpaired) electrons. The number of hydrogen-bond acceptors (Lipinski definition) is 4. The molecule has 1 fully saturated rings. The van der Waals surface area contributed by atoms with Crippen LogP contribution >= 0.6 is 0 Å². The second kappa shape index (κ2) is 4.48. The second-order valence-electron chi connectivity index (χ2n) is 4.07. The van der Waals surface area contributed by atoms with Gasteiger partial charge in [0, 0.05) is 5.56 Å². The van der Waals surface area contributed by atoms with E-state index in [1.807, 2.05) is 0 Å². The lowest BCUT2D eigenvalue weighted by molar-refractivity contribution is -0.138. The number of amides is 3. The maximum Gasteiger partial charge on any atom is 0.254 e. The van der Waals surface area contributed by atoms with Gasteiger partial charge in [-0.25, -0.2) is 0 Å². The van der Waals surface area contributed by atoms with Gasteiger partial charge in [-0.15, -0.1) is 0 Å². The SMILES string of the molecule is CC1C(=O)NC(=O)CN1C(=O)c1ccc(O)cc1. The lowest BCUT2D eigenvalue weighted by Gasteiger charge is -2.31. The van der Waals surface area contributed by atoms with Gasteiger partial charge >= 0.3 is 0 Å². The third kappa shape index (κ3) is 2.17. The van der Waals surface area contributed by atoms with Crippen LogP contribution in [0.25, 0.3) is 0 Å². The van der Waals surface area contributed by atoms with Gasteiger partial charge in [-0.2, -0.15) is 0 Å². The second-order valence-corrected chi connectivity index (χ2v) is 4.07. The third-order valence-electron chi connectivity index (χ3n) is 2.80. The van der Waals surface area contributed by atoms with Gasteiger partial charge in [-0.05, 0) is 31.2 Å². The van der Waals surface area contributed by atoms with Crippen LogP contribution in [0.5, 0.6) is 5.75 Å². The molecule has 3 amide bonds. The molecule has 18 heavy (non-hydrogen) atoms. The van der Waals surface area contributed by atoms with Gasteiger partial charge in [-0.3, -0.25) is 19.7 Å². The van der Waals surface area contributed by atoms with Crippen molar-refractivity contribution in [3.63, 3.8) is 0 Å². The number of hydrogen-bond donors (Lipinski definition) is 2. The quantitative estimate of drug-likeness (QED) is 0.678. The summed E-state index contributed by atoms with van der Waals surface area (Å²) >= 11 is 0. The molecular weight excluding hydrogens is 236 g/mol. The molecule has 6 heteroatoms. The van der Waals surface area contributed by atoms with Gasteiger partial charge in [-0.1, -0.05) is 0 Å². The Kier molecular flexibility index (Phi) is 3.01. The van der Waals surface area contributed by atoms with E-state index in [-0.39, 0.29) is 12.3 Å². The van der Waals surface area contributed by atoms with E-state index in [0.29, 0.717) is 5.56 Å². The molecule has 1 aromatic carbocycles. The van der Waals surface area contributed by atoms with Crippen LogP contribution in [0.1, 0.15) is 17.3 Å². The fourth-order valence-corrected chi connectivity index (χ4v) is 1.73. The van der Waals surface area contributed by atoms with E-state index < -0.39 is 23.8 Å². The summed E-state index contributed by atoms with van der Waals surface area (Å²) in [6.07, 6.45) is 0. The highest BCUT2D eigenvalue weighted by Gasteiger charge is 2.33. The Morgan fingerprint density at radius 1 is 1.33 bits per heavy atom. The highest BCUT2D eigenvalue weighted by Crippen LogP contribution is 2.14. The number of phenolic OH excluding ortho intramolecular Hbond substituents is 1. The molecule has 1 unspecified atom stereocenters. The Labute approximate surface area is 103 Å². The fourth-order valence-electron chi connectivity index (χ4n) is 1.73. The summed E-state index contributed by atoms with van der Waals surface area (Å²) in [4.78, 5) is 36.0. The van der Waals surface area contributed by atoms with Crippen LogP contribution in [-0.4, -0.2) is 40.3 Å². The standard InChI is InChI=1S/C12H12N2O4/c1-7-11(17)13-10(16)6-14(7)12(18)8-2-4-9(15)5-3-8/h2-5,7,15H,6H2,1H3,(H,13,16,17). The molecule has 2 rings (SSSR count). The Morgan fingerprint density at radius 3 is 2.56 bits per heavy atom. The minimum Gasteiger partial charge on any atom is -0.508 e. The van der Waals surface area contributed by atoms with Crippen molar-refractivity contribution in [1.82, 2.24) is 10.2 Å². The lowest BCUT2D eigenvalue weighted by atomic mass is 10.1. The first-order chi connectivity index (χ1) is 8.49. The van der Waals surface area contributed by atoms with Gasteiger partial charge in [0.2, 0.25) is 11.8 Å². The van der Waals surface area contributed by atoms with Crippen LogP contribution in [0.3, 0.4) is 0 Å². The predicted molar refractivity (Wildman–Crippen MR) is 61.8 cm³/mol. The number of carbonyl (C=O) groups excluding carboxylic acids is 3. The number of phenols is 1. The van der Waals surface area contributed by atoms with Gasteiger partial charge in [0.15, 0.2) is 0 Å². The van der Waals surface area contributed by atoms with Crippen LogP contribution in [0.4, 0.5) is 0 Å². The van der Waals surface area contributed by atoms with Crippen molar-refractivity contribution in [3.8, 4) is 5.75 Å². The van der Waals surface area contributed by atoms with Crippen molar-refractivity contribution < 1.29 is 19.5 Å². The average molecular weight is 248 g/mol. The van der Waals surface area contributed by atoms with Crippen LogP contribution in [0, 0.1) is 0 Å². The lowest BCUT2D eigenvalue weighted by Crippen LogP contribution is -2.58. The van der Waals surface area contributed by atoms with Gasteiger partial charge < -0.3 is 10.0 Å². The number of piperazine rings is 1. The Balaban J connectivity index is 2.24. The van der Waals surface area contributed by atoms with Crippen LogP contribution in [-0.2, 0) is 9.59 Å². The molecule has 0 bridgehead atoms. The highest BCUT2D eigenvalue weighted by atomic mass is 16.3. The first-order valence-electron chi connectivity index (χ1n) is 5.42. The highest BCUT2D eigenvalue weighted by molar-refractivity contribution is 6.07. The molecule has 0 spiro atoms. The molecule has 0 aliphatic carbocycles. The summed E-state index contributed by atoms with van der Waals surface area (Å²) in [7, 11) is 0. The smallest absolute Gasteiger partial charge is 0.254 e. The van der Waals surface area contributed by atoms with Crippen LogP contribution < -0.4 is 5.32 Å². The molecule has 0 aromatic heterocycles. The molecular formula is C12H12N2O4. The molecule has 6 nitrogen and oxygen atoms in total. The summed E-state index contributed by atoms with van der Waals surface area (Å²) in [5.41, 5.74) is 0.321. The van der Waals surface area contributed by atoms with E-state index in [1.54, 1.807) is 6.92 Å². The van der Waals surface area contributed by atoms with E-state index in [2.05, 4.69) is 5.32 Å². The zero-order valence-electron chi connectivity index (χ0n) is 9.71. The maximum atomic E-state index is 12.1. The number of nitrogens with one attached hydrogen (secondary N) is 1. The molecule has 1 atom stereocenters. The molecule has 0 saturated carbocycles. The number of carbonyl (C=O) groups is 3. The number of aromatic hydroxyl groups is 1. The Hall–Kier alpha value is -2.37. The average Bonchev–Trinajstić information content (AvgIpc) is 2.34. The van der Waals surface area contributed by atoms with E-state index in [9.17, 15) is 14.4 Å². The van der Waals surface area contributed by atoms with Gasteiger partial charge in [0.05, 0.1) is 0 Å².